The highest BCUT2D eigenvalue weighted by Crippen LogP contribution is 2.36. The topological polar surface area (TPSA) is 59.2 Å². The summed E-state index contributed by atoms with van der Waals surface area (Å²) >= 11 is 0. The van der Waals surface area contributed by atoms with Gasteiger partial charge in [0, 0.05) is 6.20 Å². The van der Waals surface area contributed by atoms with Gasteiger partial charge >= 0.3 is 0 Å². The Labute approximate surface area is 107 Å². The van der Waals surface area contributed by atoms with E-state index in [1.54, 1.807) is 0 Å². The second-order valence-electron chi connectivity index (χ2n) is 5.25. The molecular weight excluding hydrogens is 226 g/mol. The fourth-order valence-corrected chi connectivity index (χ4v) is 3.38. The smallest absolute Gasteiger partial charge is 0.234 e. The van der Waals surface area contributed by atoms with Crippen LogP contribution in [0.15, 0.2) is 18.3 Å². The first kappa shape index (κ1) is 11.7. The molecular formula is C14H19N3O. The number of amides is 1. The van der Waals surface area contributed by atoms with Crippen molar-refractivity contribution in [2.45, 2.75) is 44.2 Å². The number of aromatic nitrogens is 1. The van der Waals surface area contributed by atoms with Gasteiger partial charge in [-0.3, -0.25) is 14.7 Å². The van der Waals surface area contributed by atoms with Gasteiger partial charge in [0.25, 0.3) is 0 Å². The molecule has 1 aromatic rings. The molecule has 0 saturated carbocycles. The number of carbonyl (C=O) groups is 1. The number of nitrogens with zero attached hydrogens (tertiary/aromatic N) is 2. The molecule has 1 fully saturated rings. The summed E-state index contributed by atoms with van der Waals surface area (Å²) < 4.78 is 0. The van der Waals surface area contributed by atoms with Crippen molar-refractivity contribution < 1.29 is 4.79 Å². The number of pyridine rings is 1. The predicted octanol–water partition coefficient (Wildman–Crippen LogP) is 1.41. The third kappa shape index (κ3) is 1.90. The first-order chi connectivity index (χ1) is 8.77. The quantitative estimate of drug-likeness (QED) is 0.857. The molecule has 1 aliphatic carbocycles. The molecule has 0 bridgehead atoms. The molecule has 1 amide bonds. The monoisotopic (exact) mass is 245 g/mol. The minimum atomic E-state index is -0.185. The summed E-state index contributed by atoms with van der Waals surface area (Å²) in [4.78, 5) is 18.3. The van der Waals surface area contributed by atoms with E-state index in [-0.39, 0.29) is 18.0 Å². The summed E-state index contributed by atoms with van der Waals surface area (Å²) in [6, 6.07) is 4.35. The van der Waals surface area contributed by atoms with Crippen molar-refractivity contribution in [1.29, 1.82) is 0 Å². The Morgan fingerprint density at radius 2 is 2.28 bits per heavy atom. The van der Waals surface area contributed by atoms with Crippen molar-refractivity contribution in [2.24, 2.45) is 5.73 Å². The largest absolute Gasteiger partial charge is 0.368 e. The molecule has 4 nitrogen and oxygen atoms in total. The average molecular weight is 245 g/mol. The SMILES string of the molecule is NC(=O)[C@@H]1CCCN1C1CCCc2cccnc21. The van der Waals surface area contributed by atoms with Crippen LogP contribution < -0.4 is 5.73 Å². The van der Waals surface area contributed by atoms with Crippen LogP contribution in [0.3, 0.4) is 0 Å². The zero-order valence-electron chi connectivity index (χ0n) is 10.5. The normalized spacial score (nSPS) is 28.0. The number of fused-ring (bicyclic) bond motifs is 1. The van der Waals surface area contributed by atoms with Crippen molar-refractivity contribution in [3.63, 3.8) is 0 Å². The molecule has 2 heterocycles. The highest BCUT2D eigenvalue weighted by Gasteiger charge is 2.37. The lowest BCUT2D eigenvalue weighted by molar-refractivity contribution is -0.123. The Bertz CT molecular complexity index is 460. The van der Waals surface area contributed by atoms with E-state index in [2.05, 4.69) is 16.0 Å². The van der Waals surface area contributed by atoms with Gasteiger partial charge in [-0.15, -0.1) is 0 Å². The predicted molar refractivity (Wildman–Crippen MR) is 68.8 cm³/mol. The van der Waals surface area contributed by atoms with Gasteiger partial charge in [0.15, 0.2) is 0 Å². The molecule has 3 rings (SSSR count). The van der Waals surface area contributed by atoms with Crippen LogP contribution in [-0.2, 0) is 11.2 Å². The van der Waals surface area contributed by atoms with E-state index in [1.807, 2.05) is 12.3 Å². The van der Waals surface area contributed by atoms with Crippen LogP contribution in [0.2, 0.25) is 0 Å². The van der Waals surface area contributed by atoms with E-state index in [4.69, 9.17) is 5.73 Å². The first-order valence-electron chi connectivity index (χ1n) is 6.76. The zero-order chi connectivity index (χ0) is 12.5. The molecule has 2 aliphatic rings. The van der Waals surface area contributed by atoms with Crippen LogP contribution >= 0.6 is 0 Å². The van der Waals surface area contributed by atoms with Crippen molar-refractivity contribution >= 4 is 5.91 Å². The number of nitrogens with two attached hydrogens (primary N) is 1. The van der Waals surface area contributed by atoms with Gasteiger partial charge < -0.3 is 5.73 Å². The Kier molecular flexibility index (Phi) is 3.04. The summed E-state index contributed by atoms with van der Waals surface area (Å²) in [7, 11) is 0. The van der Waals surface area contributed by atoms with E-state index >= 15 is 0 Å². The second-order valence-corrected chi connectivity index (χ2v) is 5.25. The molecule has 1 saturated heterocycles. The summed E-state index contributed by atoms with van der Waals surface area (Å²) in [5.74, 6) is -0.185. The van der Waals surface area contributed by atoms with Gasteiger partial charge in [0.2, 0.25) is 5.91 Å². The third-order valence-corrected chi connectivity index (χ3v) is 4.19. The fourth-order valence-electron chi connectivity index (χ4n) is 3.38. The van der Waals surface area contributed by atoms with Crippen LogP contribution in [-0.4, -0.2) is 28.4 Å². The molecule has 96 valence electrons. The van der Waals surface area contributed by atoms with E-state index in [0.717, 1.165) is 37.9 Å². The highest BCUT2D eigenvalue weighted by atomic mass is 16.1. The van der Waals surface area contributed by atoms with Crippen LogP contribution in [0, 0.1) is 0 Å². The standard InChI is InChI=1S/C14H19N3O/c15-14(18)12-7-3-9-17(12)11-6-1-4-10-5-2-8-16-13(10)11/h2,5,8,11-12H,1,3-4,6-7,9H2,(H2,15,18)/t11?,12-/m0/s1. The van der Waals surface area contributed by atoms with Crippen LogP contribution in [0.4, 0.5) is 0 Å². The Morgan fingerprint density at radius 1 is 1.39 bits per heavy atom. The maximum absolute atomic E-state index is 11.5. The Hall–Kier alpha value is -1.42. The van der Waals surface area contributed by atoms with E-state index in [0.29, 0.717) is 0 Å². The molecule has 0 spiro atoms. The number of rotatable bonds is 2. The second kappa shape index (κ2) is 4.69. The molecule has 0 radical (unpaired) electrons. The summed E-state index contributed by atoms with van der Waals surface area (Å²) in [5, 5.41) is 0. The number of carbonyl (C=O) groups excluding carboxylic acids is 1. The molecule has 2 atom stereocenters. The highest BCUT2D eigenvalue weighted by molar-refractivity contribution is 5.80. The zero-order valence-corrected chi connectivity index (χ0v) is 10.5. The van der Waals surface area contributed by atoms with Gasteiger partial charge in [-0.25, -0.2) is 0 Å². The van der Waals surface area contributed by atoms with Crippen LogP contribution in [0.5, 0.6) is 0 Å². The number of primary amides is 1. The van der Waals surface area contributed by atoms with E-state index in [1.165, 1.54) is 12.0 Å². The summed E-state index contributed by atoms with van der Waals surface area (Å²) in [5.41, 5.74) is 8.01. The molecule has 2 N–H and O–H groups in total. The third-order valence-electron chi connectivity index (χ3n) is 4.19. The minimum Gasteiger partial charge on any atom is -0.368 e. The van der Waals surface area contributed by atoms with Crippen molar-refractivity contribution in [3.8, 4) is 0 Å². The van der Waals surface area contributed by atoms with E-state index in [9.17, 15) is 4.79 Å². The van der Waals surface area contributed by atoms with Crippen LogP contribution in [0.25, 0.3) is 0 Å². The van der Waals surface area contributed by atoms with Crippen molar-refractivity contribution in [3.05, 3.63) is 29.6 Å². The number of aryl methyl sites for hydroxylation is 1. The lowest BCUT2D eigenvalue weighted by Crippen LogP contribution is -2.43. The molecule has 0 aromatic carbocycles. The van der Waals surface area contributed by atoms with E-state index < -0.39 is 0 Å². The maximum Gasteiger partial charge on any atom is 0.234 e. The lowest BCUT2D eigenvalue weighted by atomic mass is 9.90. The number of hydrogen-bond donors (Lipinski definition) is 1. The van der Waals surface area contributed by atoms with Crippen LogP contribution in [0.1, 0.15) is 43.0 Å². The average Bonchev–Trinajstić information content (AvgIpc) is 2.87. The minimum absolute atomic E-state index is 0.0945. The molecule has 1 aromatic heterocycles. The number of hydrogen-bond acceptors (Lipinski definition) is 3. The molecule has 1 unspecified atom stereocenters. The lowest BCUT2D eigenvalue weighted by Gasteiger charge is -2.34. The van der Waals surface area contributed by atoms with Gasteiger partial charge in [-0.05, 0) is 50.3 Å². The first-order valence-corrected chi connectivity index (χ1v) is 6.76. The van der Waals surface area contributed by atoms with Crippen molar-refractivity contribution in [1.82, 2.24) is 9.88 Å². The molecule has 4 heteroatoms. The number of likely N-dealkylation sites (tertiary alicyclic amines) is 1. The fraction of sp³-hybridized carbons (Fsp3) is 0.571. The maximum atomic E-state index is 11.5. The molecule has 18 heavy (non-hydrogen) atoms. The molecule has 1 aliphatic heterocycles. The van der Waals surface area contributed by atoms with Gasteiger partial charge in [-0.1, -0.05) is 6.07 Å². The van der Waals surface area contributed by atoms with Crippen molar-refractivity contribution in [2.75, 3.05) is 6.54 Å². The Balaban J connectivity index is 1.91. The van der Waals surface area contributed by atoms with Gasteiger partial charge in [-0.2, -0.15) is 0 Å². The van der Waals surface area contributed by atoms with Gasteiger partial charge in [0.05, 0.1) is 17.8 Å². The Morgan fingerprint density at radius 3 is 3.11 bits per heavy atom. The summed E-state index contributed by atoms with van der Waals surface area (Å²) in [6.07, 6.45) is 7.18. The summed E-state index contributed by atoms with van der Waals surface area (Å²) in [6.45, 7) is 0.967. The van der Waals surface area contributed by atoms with Gasteiger partial charge in [0.1, 0.15) is 0 Å².